The summed E-state index contributed by atoms with van der Waals surface area (Å²) in [4.78, 5) is 15.6. The van der Waals surface area contributed by atoms with Gasteiger partial charge in [-0.15, -0.1) is 0 Å². The molecule has 0 aromatic heterocycles. The van der Waals surface area contributed by atoms with Crippen molar-refractivity contribution >= 4 is 17.7 Å². The number of fused-ring (bicyclic) bond motifs is 7. The molecule has 11 atom stereocenters. The topological polar surface area (TPSA) is 72.8 Å². The summed E-state index contributed by atoms with van der Waals surface area (Å²) in [7, 11) is 0. The molecule has 8 rings (SSSR count). The molecule has 0 bridgehead atoms. The molecule has 7 aliphatic rings. The minimum absolute atomic E-state index is 0.00711. The maximum Gasteiger partial charge on any atom is 0.312 e. The summed E-state index contributed by atoms with van der Waals surface area (Å²) >= 11 is 2.11. The van der Waals surface area contributed by atoms with Crippen molar-refractivity contribution in [2.24, 2.45) is 62.6 Å². The second-order valence-corrected chi connectivity index (χ2v) is 22.6. The summed E-state index contributed by atoms with van der Waals surface area (Å²) in [6, 6.07) is 10.3. The average Bonchev–Trinajstić information content (AvgIpc) is 3.56. The molecule has 6 heteroatoms. The van der Waals surface area contributed by atoms with E-state index < -0.39 is 11.4 Å². The zero-order valence-electron chi connectivity index (χ0n) is 35.8. The molecule has 6 aliphatic carbocycles. The van der Waals surface area contributed by atoms with Gasteiger partial charge in [-0.3, -0.25) is 4.79 Å². The van der Waals surface area contributed by atoms with Gasteiger partial charge in [-0.25, -0.2) is 0 Å². The predicted molar refractivity (Wildman–Crippen MR) is 233 cm³/mol. The summed E-state index contributed by atoms with van der Waals surface area (Å²) in [5, 5.41) is 25.5. The van der Waals surface area contributed by atoms with Gasteiger partial charge in [0.05, 0.1) is 12.0 Å². The zero-order chi connectivity index (χ0) is 39.7. The average molecular weight is 783 g/mol. The monoisotopic (exact) mass is 783 g/mol. The first kappa shape index (κ1) is 40.9. The molecular weight excluding hydrogens is 709 g/mol. The second-order valence-electron chi connectivity index (χ2n) is 21.4. The van der Waals surface area contributed by atoms with Gasteiger partial charge in [0.1, 0.15) is 0 Å². The van der Waals surface area contributed by atoms with Crippen LogP contribution in [0.2, 0.25) is 0 Å². The second kappa shape index (κ2) is 15.0. The van der Waals surface area contributed by atoms with E-state index in [0.717, 1.165) is 30.9 Å². The van der Waals surface area contributed by atoms with Crippen molar-refractivity contribution in [3.63, 3.8) is 0 Å². The van der Waals surface area contributed by atoms with Gasteiger partial charge in [0.15, 0.2) is 0 Å². The molecule has 0 spiro atoms. The van der Waals surface area contributed by atoms with Crippen LogP contribution in [0.5, 0.6) is 0 Å². The SMILES string of the molecule is C=C(C)[C@@H]1CC[C@]2(NCCN3CCSCC3)CC[C@]3(C)[C@H](CC[C@@H]4[C@@]5(C)CC=C(C6=CC(Cc7ccccc7)C(CO)(C(=O)O)CC6)C(C)(C)[C@@H]5CC[C@]43C)[C@@H]12. The number of carboxylic acids is 1. The molecular formula is C50H74N2O3S. The number of hydrogen-bond donors (Lipinski definition) is 3. The highest BCUT2D eigenvalue weighted by Gasteiger charge is 2.70. The third-order valence-corrected chi connectivity index (χ3v) is 19.9. The predicted octanol–water partition coefficient (Wildman–Crippen LogP) is 10.2. The van der Waals surface area contributed by atoms with Gasteiger partial charge < -0.3 is 20.4 Å². The van der Waals surface area contributed by atoms with Crippen molar-refractivity contribution in [1.82, 2.24) is 10.2 Å². The smallest absolute Gasteiger partial charge is 0.312 e. The molecule has 1 saturated heterocycles. The van der Waals surface area contributed by atoms with Crippen LogP contribution in [0.4, 0.5) is 0 Å². The standard InChI is InChI=1S/C50H74N2O3S/c1-34(2)38-16-22-50(51-25-26-52-27-29-56-30-28-52)24-23-47(6)40(43(38)50)13-14-42-46(5)19-17-39(45(3,4)41(46)18-20-48(42,47)7)36-15-21-49(33-53,44(54)55)37(32-36)31-35-11-9-8-10-12-35/h8-12,17,32,37-38,40-43,51,53H,1,13-16,18-31,33H2,2-7H3,(H,54,55)/t37?,38-,40+,41-,42+,43+,46-,47+,48+,49?,50-/m0/s1. The molecule has 308 valence electrons. The Morgan fingerprint density at radius 2 is 1.68 bits per heavy atom. The van der Waals surface area contributed by atoms with Crippen molar-refractivity contribution in [3.8, 4) is 0 Å². The summed E-state index contributed by atoms with van der Waals surface area (Å²) in [5.74, 6) is 4.77. The van der Waals surface area contributed by atoms with Gasteiger partial charge >= 0.3 is 5.97 Å². The summed E-state index contributed by atoms with van der Waals surface area (Å²) in [6.45, 7) is 24.7. The van der Waals surface area contributed by atoms with Crippen molar-refractivity contribution in [2.75, 3.05) is 44.3 Å². The highest BCUT2D eigenvalue weighted by molar-refractivity contribution is 7.99. The van der Waals surface area contributed by atoms with Crippen molar-refractivity contribution < 1.29 is 15.0 Å². The highest BCUT2D eigenvalue weighted by Crippen LogP contribution is 2.76. The molecule has 0 amide bonds. The molecule has 4 saturated carbocycles. The largest absolute Gasteiger partial charge is 0.481 e. The van der Waals surface area contributed by atoms with E-state index >= 15 is 0 Å². The molecule has 0 radical (unpaired) electrons. The fourth-order valence-corrected chi connectivity index (χ4v) is 16.8. The zero-order valence-corrected chi connectivity index (χ0v) is 36.6. The molecule has 1 aromatic rings. The van der Waals surface area contributed by atoms with Gasteiger partial charge in [0.2, 0.25) is 0 Å². The number of hydrogen-bond acceptors (Lipinski definition) is 5. The minimum Gasteiger partial charge on any atom is -0.481 e. The van der Waals surface area contributed by atoms with E-state index in [2.05, 4.69) is 94.4 Å². The highest BCUT2D eigenvalue weighted by atomic mass is 32.2. The van der Waals surface area contributed by atoms with Crippen molar-refractivity contribution in [3.05, 3.63) is 71.3 Å². The third kappa shape index (κ3) is 6.30. The molecule has 3 N–H and O–H groups in total. The van der Waals surface area contributed by atoms with Crippen LogP contribution in [0.3, 0.4) is 0 Å². The fourth-order valence-electron chi connectivity index (χ4n) is 15.8. The number of allylic oxidation sites excluding steroid dienone is 5. The van der Waals surface area contributed by atoms with E-state index in [1.165, 1.54) is 99.2 Å². The maximum absolute atomic E-state index is 12.9. The molecule has 1 aromatic carbocycles. The number of nitrogens with one attached hydrogen (secondary N) is 1. The first-order valence-electron chi connectivity index (χ1n) is 22.7. The van der Waals surface area contributed by atoms with Crippen LogP contribution in [0.25, 0.3) is 0 Å². The van der Waals surface area contributed by atoms with Gasteiger partial charge in [-0.2, -0.15) is 11.8 Å². The fraction of sp³-hybridized carbons (Fsp3) is 0.740. The van der Waals surface area contributed by atoms with E-state index in [-0.39, 0.29) is 28.9 Å². The van der Waals surface area contributed by atoms with E-state index in [9.17, 15) is 15.0 Å². The number of carbonyl (C=O) groups is 1. The van der Waals surface area contributed by atoms with Crippen LogP contribution in [0.1, 0.15) is 118 Å². The normalized spacial score (nSPS) is 43.3. The van der Waals surface area contributed by atoms with Gasteiger partial charge in [0, 0.05) is 43.2 Å². The van der Waals surface area contributed by atoms with E-state index in [1.54, 1.807) is 0 Å². The van der Waals surface area contributed by atoms with Crippen LogP contribution in [0, 0.1) is 62.6 Å². The number of aliphatic carboxylic acids is 1. The molecule has 1 heterocycles. The van der Waals surface area contributed by atoms with Crippen molar-refractivity contribution in [2.45, 2.75) is 124 Å². The Kier molecular flexibility index (Phi) is 11.0. The summed E-state index contributed by atoms with van der Waals surface area (Å²) in [6.07, 6.45) is 18.4. The van der Waals surface area contributed by atoms with Gasteiger partial charge in [-0.1, -0.05) is 89.3 Å². The Balaban J connectivity index is 1.07. The molecule has 5 nitrogen and oxygen atoms in total. The van der Waals surface area contributed by atoms with E-state index in [0.29, 0.717) is 47.3 Å². The number of thioether (sulfide) groups is 1. The first-order chi connectivity index (χ1) is 26.7. The Labute approximate surface area is 344 Å². The minimum atomic E-state index is -1.14. The lowest BCUT2D eigenvalue weighted by Gasteiger charge is -2.72. The van der Waals surface area contributed by atoms with E-state index in [4.69, 9.17) is 0 Å². The Bertz CT molecular complexity index is 1710. The van der Waals surface area contributed by atoms with Gasteiger partial charge in [-0.05, 0) is 158 Å². The Hall–Kier alpha value is -1.86. The number of rotatable bonds is 10. The first-order valence-corrected chi connectivity index (χ1v) is 23.8. The van der Waals surface area contributed by atoms with Gasteiger partial charge in [0.25, 0.3) is 0 Å². The number of carboxylic acid groups (broad SMARTS) is 1. The quantitative estimate of drug-likeness (QED) is 0.205. The number of aliphatic hydroxyl groups is 1. The summed E-state index contributed by atoms with van der Waals surface area (Å²) in [5.41, 5.74) is 5.32. The lowest BCUT2D eigenvalue weighted by molar-refractivity contribution is -0.221. The maximum atomic E-state index is 12.9. The van der Waals surface area contributed by atoms with Crippen LogP contribution >= 0.6 is 11.8 Å². The van der Waals surface area contributed by atoms with Crippen LogP contribution in [-0.2, 0) is 11.2 Å². The van der Waals surface area contributed by atoms with Crippen LogP contribution < -0.4 is 5.32 Å². The third-order valence-electron chi connectivity index (χ3n) is 19.0. The van der Waals surface area contributed by atoms with Crippen molar-refractivity contribution in [1.29, 1.82) is 0 Å². The van der Waals surface area contributed by atoms with Crippen LogP contribution in [-0.4, -0.2) is 70.9 Å². The lowest BCUT2D eigenvalue weighted by Crippen LogP contribution is -2.68. The Morgan fingerprint density at radius 3 is 2.38 bits per heavy atom. The molecule has 1 aliphatic heterocycles. The number of aliphatic hydroxyl groups excluding tert-OH is 1. The van der Waals surface area contributed by atoms with E-state index in [1.807, 2.05) is 18.2 Å². The van der Waals surface area contributed by atoms with Crippen LogP contribution in [0.15, 0.2) is 65.8 Å². The molecule has 56 heavy (non-hydrogen) atoms. The molecule has 2 unspecified atom stereocenters. The molecule has 5 fully saturated rings. The number of nitrogens with zero attached hydrogens (tertiary/aromatic N) is 1. The lowest BCUT2D eigenvalue weighted by atomic mass is 9.33. The Morgan fingerprint density at radius 1 is 0.929 bits per heavy atom. The summed E-state index contributed by atoms with van der Waals surface area (Å²) < 4.78 is 0. The number of benzene rings is 1.